The SMILES string of the molecule is CC(C)CCOC(=O)C1CCCC(C(F)(F)F)C1. The molecule has 0 aromatic rings. The van der Waals surface area contributed by atoms with Crippen molar-refractivity contribution < 1.29 is 22.7 Å². The minimum atomic E-state index is -4.18. The second kappa shape index (κ2) is 6.43. The van der Waals surface area contributed by atoms with Crippen LogP contribution in [0.4, 0.5) is 13.2 Å². The molecule has 5 heteroatoms. The molecule has 18 heavy (non-hydrogen) atoms. The van der Waals surface area contributed by atoms with E-state index in [0.29, 0.717) is 25.4 Å². The summed E-state index contributed by atoms with van der Waals surface area (Å²) in [7, 11) is 0. The van der Waals surface area contributed by atoms with Crippen molar-refractivity contribution in [2.45, 2.75) is 52.1 Å². The summed E-state index contributed by atoms with van der Waals surface area (Å²) in [6, 6.07) is 0. The Hall–Kier alpha value is -0.740. The summed E-state index contributed by atoms with van der Waals surface area (Å²) >= 11 is 0. The highest BCUT2D eigenvalue weighted by atomic mass is 19.4. The van der Waals surface area contributed by atoms with Gasteiger partial charge in [-0.3, -0.25) is 4.79 Å². The van der Waals surface area contributed by atoms with Crippen LogP contribution in [0.15, 0.2) is 0 Å². The van der Waals surface area contributed by atoms with Crippen LogP contribution < -0.4 is 0 Å². The third-order valence-corrected chi connectivity index (χ3v) is 3.41. The van der Waals surface area contributed by atoms with Crippen LogP contribution in [0, 0.1) is 17.8 Å². The number of carbonyl (C=O) groups excluding carboxylic acids is 1. The molecule has 106 valence electrons. The largest absolute Gasteiger partial charge is 0.465 e. The lowest BCUT2D eigenvalue weighted by molar-refractivity contribution is -0.189. The van der Waals surface area contributed by atoms with Crippen LogP contribution in [0.5, 0.6) is 0 Å². The van der Waals surface area contributed by atoms with Crippen molar-refractivity contribution in [3.63, 3.8) is 0 Å². The summed E-state index contributed by atoms with van der Waals surface area (Å²) in [6.45, 7) is 4.33. The van der Waals surface area contributed by atoms with Crippen molar-refractivity contribution >= 4 is 5.97 Å². The standard InChI is InChI=1S/C13H21F3O2/c1-9(2)6-7-18-12(17)10-4-3-5-11(8-10)13(14,15)16/h9-11H,3-8H2,1-2H3. The fourth-order valence-corrected chi connectivity index (χ4v) is 2.21. The lowest BCUT2D eigenvalue weighted by Crippen LogP contribution is -2.32. The number of halogens is 3. The molecule has 1 rings (SSSR count). The number of rotatable bonds is 4. The summed E-state index contributed by atoms with van der Waals surface area (Å²) in [5.41, 5.74) is 0. The Balaban J connectivity index is 2.39. The van der Waals surface area contributed by atoms with Crippen LogP contribution in [0.3, 0.4) is 0 Å². The summed E-state index contributed by atoms with van der Waals surface area (Å²) in [5, 5.41) is 0. The second-order valence-corrected chi connectivity index (χ2v) is 5.45. The van der Waals surface area contributed by atoms with E-state index in [4.69, 9.17) is 4.74 Å². The molecular weight excluding hydrogens is 245 g/mol. The maximum atomic E-state index is 12.6. The molecule has 0 aromatic heterocycles. The van der Waals surface area contributed by atoms with Crippen LogP contribution in [0.25, 0.3) is 0 Å². The van der Waals surface area contributed by atoms with Gasteiger partial charge in [0.25, 0.3) is 0 Å². The van der Waals surface area contributed by atoms with E-state index in [-0.39, 0.29) is 12.8 Å². The molecule has 1 aliphatic carbocycles. The summed E-state index contributed by atoms with van der Waals surface area (Å²) < 4.78 is 42.8. The molecule has 2 unspecified atom stereocenters. The topological polar surface area (TPSA) is 26.3 Å². The first-order valence-corrected chi connectivity index (χ1v) is 6.54. The van der Waals surface area contributed by atoms with E-state index in [1.165, 1.54) is 0 Å². The third-order valence-electron chi connectivity index (χ3n) is 3.41. The molecule has 1 saturated carbocycles. The Bertz CT molecular complexity index is 274. The molecule has 1 fully saturated rings. The van der Waals surface area contributed by atoms with E-state index >= 15 is 0 Å². The van der Waals surface area contributed by atoms with Crippen LogP contribution in [-0.4, -0.2) is 18.8 Å². The Morgan fingerprint density at radius 3 is 2.56 bits per heavy atom. The van der Waals surface area contributed by atoms with Gasteiger partial charge in [0.15, 0.2) is 0 Å². The summed E-state index contributed by atoms with van der Waals surface area (Å²) in [6.07, 6.45) is -2.43. The number of alkyl halides is 3. The van der Waals surface area contributed by atoms with E-state index in [0.717, 1.165) is 6.42 Å². The van der Waals surface area contributed by atoms with Gasteiger partial charge in [-0.1, -0.05) is 20.3 Å². The fraction of sp³-hybridized carbons (Fsp3) is 0.923. The van der Waals surface area contributed by atoms with Gasteiger partial charge in [0, 0.05) is 0 Å². The minimum Gasteiger partial charge on any atom is -0.465 e. The van der Waals surface area contributed by atoms with Gasteiger partial charge in [-0.15, -0.1) is 0 Å². The van der Waals surface area contributed by atoms with Gasteiger partial charge < -0.3 is 4.74 Å². The molecule has 1 aliphatic rings. The molecule has 0 heterocycles. The highest BCUT2D eigenvalue weighted by Crippen LogP contribution is 2.40. The zero-order valence-corrected chi connectivity index (χ0v) is 10.9. The Morgan fingerprint density at radius 1 is 1.33 bits per heavy atom. The van der Waals surface area contributed by atoms with Crippen molar-refractivity contribution in [2.24, 2.45) is 17.8 Å². The number of hydrogen-bond donors (Lipinski definition) is 0. The molecular formula is C13H21F3O2. The van der Waals surface area contributed by atoms with Crippen molar-refractivity contribution in [3.8, 4) is 0 Å². The van der Waals surface area contributed by atoms with E-state index in [2.05, 4.69) is 0 Å². The Kier molecular flexibility index (Phi) is 5.47. The van der Waals surface area contributed by atoms with E-state index in [9.17, 15) is 18.0 Å². The third kappa shape index (κ3) is 4.86. The van der Waals surface area contributed by atoms with Gasteiger partial charge in [-0.05, 0) is 31.6 Å². The van der Waals surface area contributed by atoms with Crippen molar-refractivity contribution in [2.75, 3.05) is 6.61 Å². The van der Waals surface area contributed by atoms with Gasteiger partial charge in [0.1, 0.15) is 0 Å². The van der Waals surface area contributed by atoms with Gasteiger partial charge >= 0.3 is 12.1 Å². The highest BCUT2D eigenvalue weighted by Gasteiger charge is 2.43. The van der Waals surface area contributed by atoms with Crippen LogP contribution in [-0.2, 0) is 9.53 Å². The van der Waals surface area contributed by atoms with Crippen molar-refractivity contribution in [3.05, 3.63) is 0 Å². The normalized spacial score (nSPS) is 25.2. The lowest BCUT2D eigenvalue weighted by Gasteiger charge is -2.29. The number of hydrogen-bond acceptors (Lipinski definition) is 2. The highest BCUT2D eigenvalue weighted by molar-refractivity contribution is 5.72. The van der Waals surface area contributed by atoms with E-state index in [1.807, 2.05) is 13.8 Å². The van der Waals surface area contributed by atoms with Crippen molar-refractivity contribution in [1.82, 2.24) is 0 Å². The average Bonchev–Trinajstić information content (AvgIpc) is 2.27. The zero-order chi connectivity index (χ0) is 13.8. The maximum absolute atomic E-state index is 12.6. The van der Waals surface area contributed by atoms with Crippen molar-refractivity contribution in [1.29, 1.82) is 0 Å². The minimum absolute atomic E-state index is 0.107. The fourth-order valence-electron chi connectivity index (χ4n) is 2.21. The average molecular weight is 266 g/mol. The predicted octanol–water partition coefficient (Wildman–Crippen LogP) is 3.94. The quantitative estimate of drug-likeness (QED) is 0.720. The summed E-state index contributed by atoms with van der Waals surface area (Å²) in [4.78, 5) is 11.7. The smallest absolute Gasteiger partial charge is 0.391 e. The number of esters is 1. The van der Waals surface area contributed by atoms with Gasteiger partial charge in [0.2, 0.25) is 0 Å². The summed E-state index contributed by atoms with van der Waals surface area (Å²) in [5.74, 6) is -1.94. The molecule has 0 bridgehead atoms. The maximum Gasteiger partial charge on any atom is 0.391 e. The van der Waals surface area contributed by atoms with Crippen LogP contribution in [0.1, 0.15) is 46.0 Å². The molecule has 0 amide bonds. The Morgan fingerprint density at radius 2 is 2.00 bits per heavy atom. The van der Waals surface area contributed by atoms with Gasteiger partial charge in [-0.2, -0.15) is 13.2 Å². The molecule has 0 aromatic carbocycles. The molecule has 2 atom stereocenters. The first-order chi connectivity index (χ1) is 8.30. The lowest BCUT2D eigenvalue weighted by atomic mass is 9.81. The molecule has 2 nitrogen and oxygen atoms in total. The van der Waals surface area contributed by atoms with Crippen LogP contribution in [0.2, 0.25) is 0 Å². The first-order valence-electron chi connectivity index (χ1n) is 6.54. The Labute approximate surface area is 106 Å². The monoisotopic (exact) mass is 266 g/mol. The van der Waals surface area contributed by atoms with Gasteiger partial charge in [0.05, 0.1) is 18.4 Å². The van der Waals surface area contributed by atoms with Crippen LogP contribution >= 0.6 is 0 Å². The molecule has 0 N–H and O–H groups in total. The molecule has 0 radical (unpaired) electrons. The second-order valence-electron chi connectivity index (χ2n) is 5.45. The molecule has 0 aliphatic heterocycles. The van der Waals surface area contributed by atoms with E-state index < -0.39 is 24.0 Å². The van der Waals surface area contributed by atoms with Gasteiger partial charge in [-0.25, -0.2) is 0 Å². The van der Waals surface area contributed by atoms with E-state index in [1.54, 1.807) is 0 Å². The number of carbonyl (C=O) groups is 1. The predicted molar refractivity (Wildman–Crippen MR) is 61.9 cm³/mol. The molecule has 0 spiro atoms. The zero-order valence-electron chi connectivity index (χ0n) is 10.9. The number of ether oxygens (including phenoxy) is 1. The first kappa shape index (κ1) is 15.3. The molecule has 0 saturated heterocycles.